The molecule has 1 aliphatic rings. The molecular formula is C23H31N3O2. The number of carbonyl (C=O) groups excluding carboxylic acids is 1. The van der Waals surface area contributed by atoms with Crippen molar-refractivity contribution in [3.63, 3.8) is 0 Å². The SMILES string of the molecule is COc1ccc(NC(=O)CC[C@@H]2CCCN(Cc3ccncc3C)C2)c(C)c1. The Hall–Kier alpha value is -2.40. The molecule has 2 aromatic rings. The van der Waals surface area contributed by atoms with Crippen molar-refractivity contribution in [2.45, 2.75) is 46.1 Å². The van der Waals surface area contributed by atoms with Crippen LogP contribution in [0, 0.1) is 19.8 Å². The summed E-state index contributed by atoms with van der Waals surface area (Å²) >= 11 is 0. The van der Waals surface area contributed by atoms with E-state index < -0.39 is 0 Å². The second-order valence-electron chi connectivity index (χ2n) is 7.81. The van der Waals surface area contributed by atoms with E-state index in [1.807, 2.05) is 37.5 Å². The number of anilines is 1. The fourth-order valence-corrected chi connectivity index (χ4v) is 3.90. The van der Waals surface area contributed by atoms with Crippen LogP contribution < -0.4 is 10.1 Å². The van der Waals surface area contributed by atoms with E-state index in [4.69, 9.17) is 4.74 Å². The van der Waals surface area contributed by atoms with E-state index in [0.29, 0.717) is 12.3 Å². The maximum absolute atomic E-state index is 12.4. The number of ether oxygens (including phenoxy) is 1. The van der Waals surface area contributed by atoms with Crippen molar-refractivity contribution in [2.24, 2.45) is 5.92 Å². The first-order valence-electron chi connectivity index (χ1n) is 10.1. The Morgan fingerprint density at radius 1 is 1.29 bits per heavy atom. The lowest BCUT2D eigenvalue weighted by molar-refractivity contribution is -0.116. The van der Waals surface area contributed by atoms with Crippen LogP contribution in [0.5, 0.6) is 5.75 Å². The molecule has 1 fully saturated rings. The normalized spacial score (nSPS) is 17.3. The molecule has 1 amide bonds. The van der Waals surface area contributed by atoms with Gasteiger partial charge in [-0.3, -0.25) is 14.7 Å². The molecular weight excluding hydrogens is 350 g/mol. The number of hydrogen-bond acceptors (Lipinski definition) is 4. The molecule has 0 spiro atoms. The number of likely N-dealkylation sites (tertiary alicyclic amines) is 1. The number of aryl methyl sites for hydroxylation is 2. The van der Waals surface area contributed by atoms with Gasteiger partial charge in [-0.15, -0.1) is 0 Å². The van der Waals surface area contributed by atoms with Crippen LogP contribution in [0.3, 0.4) is 0 Å². The van der Waals surface area contributed by atoms with E-state index in [1.54, 1.807) is 7.11 Å². The van der Waals surface area contributed by atoms with Crippen molar-refractivity contribution in [1.82, 2.24) is 9.88 Å². The number of amides is 1. The number of pyridine rings is 1. The fraction of sp³-hybridized carbons (Fsp3) is 0.478. The highest BCUT2D eigenvalue weighted by atomic mass is 16.5. The third-order valence-electron chi connectivity index (χ3n) is 5.62. The smallest absolute Gasteiger partial charge is 0.224 e. The second-order valence-corrected chi connectivity index (χ2v) is 7.81. The summed E-state index contributed by atoms with van der Waals surface area (Å²) in [6, 6.07) is 7.84. The standard InChI is InChI=1S/C23H31N3O2/c1-17-13-21(28-3)7-8-22(17)25-23(27)9-6-19-5-4-12-26(15-19)16-20-10-11-24-14-18(20)2/h7-8,10-11,13-14,19H,4-6,9,12,15-16H2,1-3H3,(H,25,27)/t19-/m0/s1. The molecule has 5 nitrogen and oxygen atoms in total. The average Bonchev–Trinajstić information content (AvgIpc) is 2.70. The maximum atomic E-state index is 12.4. The van der Waals surface area contributed by atoms with Gasteiger partial charge in [0.15, 0.2) is 0 Å². The van der Waals surface area contributed by atoms with Gasteiger partial charge in [0.2, 0.25) is 5.91 Å². The molecule has 1 aliphatic heterocycles. The third-order valence-corrected chi connectivity index (χ3v) is 5.62. The quantitative estimate of drug-likeness (QED) is 0.775. The van der Waals surface area contributed by atoms with Gasteiger partial charge in [-0.2, -0.15) is 0 Å². The van der Waals surface area contributed by atoms with Crippen molar-refractivity contribution >= 4 is 11.6 Å². The van der Waals surface area contributed by atoms with Crippen LogP contribution in [-0.4, -0.2) is 36.0 Å². The van der Waals surface area contributed by atoms with Gasteiger partial charge in [0, 0.05) is 37.6 Å². The molecule has 150 valence electrons. The summed E-state index contributed by atoms with van der Waals surface area (Å²) in [5, 5.41) is 3.04. The molecule has 5 heteroatoms. The fourth-order valence-electron chi connectivity index (χ4n) is 3.90. The predicted molar refractivity (Wildman–Crippen MR) is 113 cm³/mol. The minimum atomic E-state index is 0.0929. The van der Waals surface area contributed by atoms with E-state index >= 15 is 0 Å². The first kappa shape index (κ1) is 20.3. The number of benzene rings is 1. The maximum Gasteiger partial charge on any atom is 0.224 e. The number of hydrogen-bond donors (Lipinski definition) is 1. The van der Waals surface area contributed by atoms with Crippen LogP contribution in [0.1, 0.15) is 42.4 Å². The van der Waals surface area contributed by atoms with Crippen molar-refractivity contribution in [3.8, 4) is 5.75 Å². The topological polar surface area (TPSA) is 54.5 Å². The van der Waals surface area contributed by atoms with Gasteiger partial charge in [-0.1, -0.05) is 0 Å². The van der Waals surface area contributed by atoms with Gasteiger partial charge in [0.25, 0.3) is 0 Å². The van der Waals surface area contributed by atoms with Gasteiger partial charge >= 0.3 is 0 Å². The number of carbonyl (C=O) groups is 1. The molecule has 0 aliphatic carbocycles. The average molecular weight is 382 g/mol. The molecule has 0 unspecified atom stereocenters. The zero-order chi connectivity index (χ0) is 19.9. The molecule has 1 aromatic carbocycles. The van der Waals surface area contributed by atoms with Crippen molar-refractivity contribution < 1.29 is 9.53 Å². The number of aromatic nitrogens is 1. The second kappa shape index (κ2) is 9.69. The largest absolute Gasteiger partial charge is 0.497 e. The van der Waals surface area contributed by atoms with E-state index in [-0.39, 0.29) is 5.91 Å². The summed E-state index contributed by atoms with van der Waals surface area (Å²) in [5.74, 6) is 1.48. The van der Waals surface area contributed by atoms with Crippen molar-refractivity contribution in [1.29, 1.82) is 0 Å². The molecule has 1 atom stereocenters. The van der Waals surface area contributed by atoms with Crippen molar-refractivity contribution in [3.05, 3.63) is 53.3 Å². The summed E-state index contributed by atoms with van der Waals surface area (Å²) in [5.41, 5.74) is 4.48. The summed E-state index contributed by atoms with van der Waals surface area (Å²) in [7, 11) is 1.65. The summed E-state index contributed by atoms with van der Waals surface area (Å²) in [6.07, 6.45) is 7.72. The first-order valence-corrected chi connectivity index (χ1v) is 10.1. The Bertz CT molecular complexity index is 806. The molecule has 3 rings (SSSR count). The predicted octanol–water partition coefficient (Wildman–Crippen LogP) is 4.34. The summed E-state index contributed by atoms with van der Waals surface area (Å²) in [4.78, 5) is 19.1. The van der Waals surface area contributed by atoms with Crippen LogP contribution >= 0.6 is 0 Å². The molecule has 1 N–H and O–H groups in total. The number of methoxy groups -OCH3 is 1. The van der Waals surface area contributed by atoms with Crippen LogP contribution in [0.2, 0.25) is 0 Å². The van der Waals surface area contributed by atoms with Crippen LogP contribution in [0.15, 0.2) is 36.7 Å². The third kappa shape index (κ3) is 5.55. The molecule has 0 bridgehead atoms. The van der Waals surface area contributed by atoms with Gasteiger partial charge in [0.05, 0.1) is 7.11 Å². The van der Waals surface area contributed by atoms with Gasteiger partial charge in [-0.05, 0) is 86.5 Å². The molecule has 2 heterocycles. The zero-order valence-electron chi connectivity index (χ0n) is 17.2. The van der Waals surface area contributed by atoms with Crippen LogP contribution in [0.25, 0.3) is 0 Å². The molecule has 28 heavy (non-hydrogen) atoms. The number of nitrogens with zero attached hydrogens (tertiary/aromatic N) is 2. The van der Waals surface area contributed by atoms with Gasteiger partial charge in [-0.25, -0.2) is 0 Å². The highest BCUT2D eigenvalue weighted by Gasteiger charge is 2.21. The lowest BCUT2D eigenvalue weighted by atomic mass is 9.92. The number of rotatable bonds is 7. The Labute approximate surface area is 168 Å². The lowest BCUT2D eigenvalue weighted by Crippen LogP contribution is -2.35. The number of nitrogens with one attached hydrogen (secondary N) is 1. The monoisotopic (exact) mass is 381 g/mol. The van der Waals surface area contributed by atoms with E-state index in [0.717, 1.165) is 43.1 Å². The van der Waals surface area contributed by atoms with Gasteiger partial charge < -0.3 is 10.1 Å². The van der Waals surface area contributed by atoms with Gasteiger partial charge in [0.1, 0.15) is 5.75 Å². The van der Waals surface area contributed by atoms with Crippen LogP contribution in [0.4, 0.5) is 5.69 Å². The minimum absolute atomic E-state index is 0.0929. The Balaban J connectivity index is 1.47. The zero-order valence-corrected chi connectivity index (χ0v) is 17.2. The van der Waals surface area contributed by atoms with Crippen molar-refractivity contribution in [2.75, 3.05) is 25.5 Å². The van der Waals surface area contributed by atoms with E-state index in [9.17, 15) is 4.79 Å². The Kier molecular flexibility index (Phi) is 7.04. The Morgan fingerprint density at radius 2 is 2.14 bits per heavy atom. The molecule has 0 saturated carbocycles. The molecule has 1 saturated heterocycles. The minimum Gasteiger partial charge on any atom is -0.497 e. The summed E-state index contributed by atoms with van der Waals surface area (Å²) in [6.45, 7) is 7.28. The van der Waals surface area contributed by atoms with Crippen LogP contribution in [-0.2, 0) is 11.3 Å². The van der Waals surface area contributed by atoms with E-state index in [2.05, 4.69) is 28.2 Å². The molecule has 0 radical (unpaired) electrons. The summed E-state index contributed by atoms with van der Waals surface area (Å²) < 4.78 is 5.22. The Morgan fingerprint density at radius 3 is 2.89 bits per heavy atom. The first-order chi connectivity index (χ1) is 13.5. The highest BCUT2D eigenvalue weighted by Crippen LogP contribution is 2.24. The number of piperidine rings is 1. The highest BCUT2D eigenvalue weighted by molar-refractivity contribution is 5.91. The van der Waals surface area contributed by atoms with E-state index in [1.165, 1.54) is 24.0 Å². The lowest BCUT2D eigenvalue weighted by Gasteiger charge is -2.33. The molecule has 1 aromatic heterocycles.